The topological polar surface area (TPSA) is 54.0 Å². The maximum Gasteiger partial charge on any atom is 0.317 e. The SMILES string of the molecule is CN(Cc1ccc2c(c1)OCO2)C(=O)N[C@H]1CCN2CCCC[C@@H]12. The van der Waals surface area contributed by atoms with Crippen molar-refractivity contribution in [1.82, 2.24) is 15.1 Å². The number of hydrogen-bond donors (Lipinski definition) is 1. The van der Waals surface area contributed by atoms with Crippen molar-refractivity contribution in [3.8, 4) is 11.5 Å². The van der Waals surface area contributed by atoms with Crippen molar-refractivity contribution in [2.45, 2.75) is 44.3 Å². The summed E-state index contributed by atoms with van der Waals surface area (Å²) < 4.78 is 10.7. The molecule has 24 heavy (non-hydrogen) atoms. The van der Waals surface area contributed by atoms with E-state index in [-0.39, 0.29) is 18.9 Å². The Morgan fingerprint density at radius 1 is 1.25 bits per heavy atom. The van der Waals surface area contributed by atoms with Crippen LogP contribution in [0.1, 0.15) is 31.2 Å². The second-order valence-electron chi connectivity index (χ2n) is 6.99. The van der Waals surface area contributed by atoms with E-state index in [4.69, 9.17) is 9.47 Å². The van der Waals surface area contributed by atoms with E-state index in [1.54, 1.807) is 4.90 Å². The molecule has 6 nitrogen and oxygen atoms in total. The van der Waals surface area contributed by atoms with Crippen LogP contribution in [-0.2, 0) is 6.54 Å². The zero-order valence-corrected chi connectivity index (χ0v) is 14.2. The minimum absolute atomic E-state index is 0.00471. The quantitative estimate of drug-likeness (QED) is 0.922. The maximum atomic E-state index is 12.6. The molecule has 130 valence electrons. The van der Waals surface area contributed by atoms with Gasteiger partial charge in [-0.15, -0.1) is 0 Å². The summed E-state index contributed by atoms with van der Waals surface area (Å²) in [6.07, 6.45) is 4.84. The molecule has 0 aromatic heterocycles. The van der Waals surface area contributed by atoms with Gasteiger partial charge in [-0.25, -0.2) is 4.79 Å². The monoisotopic (exact) mass is 331 g/mol. The number of piperidine rings is 1. The fourth-order valence-electron chi connectivity index (χ4n) is 4.07. The molecule has 1 aromatic rings. The summed E-state index contributed by atoms with van der Waals surface area (Å²) in [6, 6.07) is 6.66. The molecule has 3 aliphatic heterocycles. The Hall–Kier alpha value is -1.95. The van der Waals surface area contributed by atoms with Gasteiger partial charge in [-0.3, -0.25) is 4.90 Å². The third-order valence-corrected chi connectivity index (χ3v) is 5.37. The summed E-state index contributed by atoms with van der Waals surface area (Å²) in [5, 5.41) is 3.24. The molecule has 2 fully saturated rings. The van der Waals surface area contributed by atoms with Gasteiger partial charge in [0.15, 0.2) is 11.5 Å². The molecular formula is C18H25N3O3. The lowest BCUT2D eigenvalue weighted by Crippen LogP contribution is -2.49. The molecule has 1 aromatic carbocycles. The van der Waals surface area contributed by atoms with Crippen LogP contribution in [0.4, 0.5) is 4.79 Å². The summed E-state index contributed by atoms with van der Waals surface area (Å²) in [5.41, 5.74) is 1.04. The molecular weight excluding hydrogens is 306 g/mol. The van der Waals surface area contributed by atoms with Gasteiger partial charge in [-0.05, 0) is 43.5 Å². The van der Waals surface area contributed by atoms with Gasteiger partial charge >= 0.3 is 6.03 Å². The summed E-state index contributed by atoms with van der Waals surface area (Å²) in [4.78, 5) is 16.8. The Morgan fingerprint density at radius 3 is 3.04 bits per heavy atom. The van der Waals surface area contributed by atoms with Crippen molar-refractivity contribution in [1.29, 1.82) is 0 Å². The predicted molar refractivity (Wildman–Crippen MR) is 90.2 cm³/mol. The number of amides is 2. The second-order valence-corrected chi connectivity index (χ2v) is 6.99. The lowest BCUT2D eigenvalue weighted by atomic mass is 9.99. The summed E-state index contributed by atoms with van der Waals surface area (Å²) >= 11 is 0. The normalized spacial score (nSPS) is 25.4. The minimum Gasteiger partial charge on any atom is -0.454 e. The molecule has 4 rings (SSSR count). The lowest BCUT2D eigenvalue weighted by molar-refractivity contribution is 0.170. The Labute approximate surface area is 142 Å². The highest BCUT2D eigenvalue weighted by Crippen LogP contribution is 2.33. The average Bonchev–Trinajstić information content (AvgIpc) is 3.21. The predicted octanol–water partition coefficient (Wildman–Crippen LogP) is 2.18. The van der Waals surface area contributed by atoms with Crippen molar-refractivity contribution < 1.29 is 14.3 Å². The Morgan fingerprint density at radius 2 is 2.12 bits per heavy atom. The number of hydrogen-bond acceptors (Lipinski definition) is 4. The summed E-state index contributed by atoms with van der Waals surface area (Å²) in [7, 11) is 1.84. The van der Waals surface area contributed by atoms with Gasteiger partial charge in [0.05, 0.1) is 0 Å². The number of carbonyl (C=O) groups excluding carboxylic acids is 1. The van der Waals surface area contributed by atoms with Crippen LogP contribution in [0.25, 0.3) is 0 Å². The summed E-state index contributed by atoms with van der Waals surface area (Å²) in [6.45, 7) is 3.13. The fourth-order valence-corrected chi connectivity index (χ4v) is 4.07. The Kier molecular flexibility index (Phi) is 4.22. The van der Waals surface area contributed by atoms with Crippen molar-refractivity contribution in [2.75, 3.05) is 26.9 Å². The van der Waals surface area contributed by atoms with Crippen molar-refractivity contribution in [3.05, 3.63) is 23.8 Å². The smallest absolute Gasteiger partial charge is 0.317 e. The van der Waals surface area contributed by atoms with E-state index in [9.17, 15) is 4.79 Å². The van der Waals surface area contributed by atoms with Crippen molar-refractivity contribution in [3.63, 3.8) is 0 Å². The van der Waals surface area contributed by atoms with E-state index in [1.807, 2.05) is 25.2 Å². The highest BCUT2D eigenvalue weighted by atomic mass is 16.7. The lowest BCUT2D eigenvalue weighted by Gasteiger charge is -2.33. The molecule has 3 aliphatic rings. The third-order valence-electron chi connectivity index (χ3n) is 5.37. The van der Waals surface area contributed by atoms with Gasteiger partial charge in [-0.1, -0.05) is 12.5 Å². The van der Waals surface area contributed by atoms with Crippen LogP contribution in [0.3, 0.4) is 0 Å². The molecule has 3 heterocycles. The number of rotatable bonds is 3. The average molecular weight is 331 g/mol. The van der Waals surface area contributed by atoms with Gasteiger partial charge < -0.3 is 19.7 Å². The first-order chi connectivity index (χ1) is 11.7. The number of fused-ring (bicyclic) bond motifs is 2. The first-order valence-electron chi connectivity index (χ1n) is 8.85. The highest BCUT2D eigenvalue weighted by Gasteiger charge is 2.36. The molecule has 0 bridgehead atoms. The minimum atomic E-state index is 0.00471. The molecule has 6 heteroatoms. The highest BCUT2D eigenvalue weighted by molar-refractivity contribution is 5.74. The van der Waals surface area contributed by atoms with Gasteiger partial charge in [-0.2, -0.15) is 0 Å². The number of nitrogens with one attached hydrogen (secondary N) is 1. The van der Waals surface area contributed by atoms with E-state index in [0.717, 1.165) is 30.0 Å². The van der Waals surface area contributed by atoms with Crippen LogP contribution in [0.5, 0.6) is 11.5 Å². The second kappa shape index (κ2) is 6.51. The molecule has 2 atom stereocenters. The molecule has 0 aliphatic carbocycles. The number of nitrogens with zero attached hydrogens (tertiary/aromatic N) is 2. The maximum absolute atomic E-state index is 12.6. The Bertz CT molecular complexity index is 622. The van der Waals surface area contributed by atoms with Crippen molar-refractivity contribution in [2.24, 2.45) is 0 Å². The van der Waals surface area contributed by atoms with Crippen LogP contribution in [-0.4, -0.2) is 54.8 Å². The number of urea groups is 1. The van der Waals surface area contributed by atoms with Gasteiger partial charge in [0, 0.05) is 32.2 Å². The van der Waals surface area contributed by atoms with Gasteiger partial charge in [0.1, 0.15) is 0 Å². The first kappa shape index (κ1) is 15.6. The van der Waals surface area contributed by atoms with Crippen LogP contribution >= 0.6 is 0 Å². The van der Waals surface area contributed by atoms with E-state index < -0.39 is 0 Å². The standard InChI is InChI=1S/C18H25N3O3/c1-20(11-13-5-6-16-17(10-13)24-12-23-16)18(22)19-14-7-9-21-8-3-2-4-15(14)21/h5-6,10,14-15H,2-4,7-9,11-12H2,1H3,(H,19,22)/t14-,15-/m0/s1. The largest absolute Gasteiger partial charge is 0.454 e. The van der Waals surface area contributed by atoms with E-state index in [0.29, 0.717) is 12.6 Å². The van der Waals surface area contributed by atoms with E-state index >= 15 is 0 Å². The fraction of sp³-hybridized carbons (Fsp3) is 0.611. The molecule has 2 amide bonds. The number of benzene rings is 1. The zero-order chi connectivity index (χ0) is 16.5. The van der Waals surface area contributed by atoms with E-state index in [1.165, 1.54) is 25.8 Å². The molecule has 0 radical (unpaired) electrons. The third kappa shape index (κ3) is 3.02. The molecule has 0 spiro atoms. The van der Waals surface area contributed by atoms with Crippen molar-refractivity contribution >= 4 is 6.03 Å². The molecule has 2 saturated heterocycles. The van der Waals surface area contributed by atoms with Crippen LogP contribution < -0.4 is 14.8 Å². The van der Waals surface area contributed by atoms with Crippen LogP contribution in [0.2, 0.25) is 0 Å². The molecule has 1 N–H and O–H groups in total. The van der Waals surface area contributed by atoms with Crippen LogP contribution in [0, 0.1) is 0 Å². The van der Waals surface area contributed by atoms with Gasteiger partial charge in [0.2, 0.25) is 6.79 Å². The van der Waals surface area contributed by atoms with E-state index in [2.05, 4.69) is 10.2 Å². The zero-order valence-electron chi connectivity index (χ0n) is 14.2. The van der Waals surface area contributed by atoms with Crippen LogP contribution in [0.15, 0.2) is 18.2 Å². The first-order valence-corrected chi connectivity index (χ1v) is 8.85. The van der Waals surface area contributed by atoms with Gasteiger partial charge in [0.25, 0.3) is 0 Å². The molecule has 0 saturated carbocycles. The summed E-state index contributed by atoms with van der Waals surface area (Å²) in [5.74, 6) is 1.53. The molecule has 0 unspecified atom stereocenters. The number of carbonyl (C=O) groups is 1. The Balaban J connectivity index is 1.34. The number of ether oxygens (including phenoxy) is 2.